The molecule has 2 aliphatic rings. The minimum Gasteiger partial charge on any atom is -0.294 e. The van der Waals surface area contributed by atoms with Crippen LogP contribution in [0.3, 0.4) is 0 Å². The molecule has 64 valence electrons. The van der Waals surface area contributed by atoms with Gasteiger partial charge in [0.1, 0.15) is 0 Å². The quantitative estimate of drug-likeness (QED) is 0.596. The zero-order valence-electron chi connectivity index (χ0n) is 6.47. The molecule has 0 bridgehead atoms. The molecule has 11 heavy (non-hydrogen) atoms. The fourth-order valence-electron chi connectivity index (χ4n) is 2.12. The van der Waals surface area contributed by atoms with Gasteiger partial charge in [-0.3, -0.25) is 4.90 Å². The summed E-state index contributed by atoms with van der Waals surface area (Å²) in [6, 6.07) is 0.526. The van der Waals surface area contributed by atoms with E-state index in [-0.39, 0.29) is 6.54 Å². The first kappa shape index (κ1) is 7.47. The largest absolute Gasteiger partial charge is 0.294 e. The van der Waals surface area contributed by atoms with Crippen molar-refractivity contribution in [2.45, 2.75) is 31.7 Å². The third-order valence-electron chi connectivity index (χ3n) is 2.75. The first-order valence-corrected chi connectivity index (χ1v) is 4.29. The molecule has 2 rings (SSSR count). The highest BCUT2D eigenvalue weighted by Gasteiger charge is 2.44. The van der Waals surface area contributed by atoms with Gasteiger partial charge in [-0.1, -0.05) is 0 Å². The second-order valence-corrected chi connectivity index (χ2v) is 3.59. The van der Waals surface area contributed by atoms with E-state index < -0.39 is 6.43 Å². The number of hydrogen-bond donors (Lipinski definition) is 0. The molecule has 0 aromatic rings. The molecule has 3 heteroatoms. The molecule has 1 saturated carbocycles. The lowest BCUT2D eigenvalue weighted by Gasteiger charge is -2.25. The summed E-state index contributed by atoms with van der Waals surface area (Å²) in [5.74, 6) is 0.766. The molecule has 1 saturated heterocycles. The van der Waals surface area contributed by atoms with Crippen LogP contribution in [0.15, 0.2) is 0 Å². The van der Waals surface area contributed by atoms with Crippen LogP contribution in [-0.4, -0.2) is 30.5 Å². The molecule has 0 amide bonds. The van der Waals surface area contributed by atoms with E-state index in [1.54, 1.807) is 0 Å². The highest BCUT2D eigenvalue weighted by atomic mass is 19.3. The zero-order valence-corrected chi connectivity index (χ0v) is 6.47. The van der Waals surface area contributed by atoms with Crippen molar-refractivity contribution in [3.05, 3.63) is 0 Å². The maximum absolute atomic E-state index is 12.0. The molecule has 0 aromatic carbocycles. The van der Waals surface area contributed by atoms with Gasteiger partial charge in [-0.05, 0) is 31.7 Å². The van der Waals surface area contributed by atoms with E-state index >= 15 is 0 Å². The standard InChI is InChI=1S/C8H13F2N/c9-8(10)5-11-3-1-2-6-4-7(6)11/h6-8H,1-5H2. The zero-order chi connectivity index (χ0) is 7.84. The van der Waals surface area contributed by atoms with Gasteiger partial charge < -0.3 is 0 Å². The number of nitrogens with zero attached hydrogens (tertiary/aromatic N) is 1. The van der Waals surface area contributed by atoms with E-state index in [1.807, 2.05) is 4.90 Å². The van der Waals surface area contributed by atoms with Crippen molar-refractivity contribution >= 4 is 0 Å². The summed E-state index contributed by atoms with van der Waals surface area (Å²) < 4.78 is 23.9. The number of fused-ring (bicyclic) bond motifs is 1. The van der Waals surface area contributed by atoms with Crippen LogP contribution in [-0.2, 0) is 0 Å². The predicted octanol–water partition coefficient (Wildman–Crippen LogP) is 1.74. The van der Waals surface area contributed by atoms with E-state index in [0.717, 1.165) is 18.9 Å². The average molecular weight is 161 g/mol. The van der Waals surface area contributed by atoms with Crippen molar-refractivity contribution in [2.24, 2.45) is 5.92 Å². The van der Waals surface area contributed by atoms with Gasteiger partial charge in [0.25, 0.3) is 6.43 Å². The van der Waals surface area contributed by atoms with Crippen LogP contribution in [0.25, 0.3) is 0 Å². The second kappa shape index (κ2) is 2.70. The van der Waals surface area contributed by atoms with Gasteiger partial charge in [0, 0.05) is 6.04 Å². The highest BCUT2D eigenvalue weighted by Crippen LogP contribution is 2.42. The SMILES string of the molecule is FC(F)CN1CCCC2CC21. The second-order valence-electron chi connectivity index (χ2n) is 3.59. The molecular weight excluding hydrogens is 148 g/mol. The van der Waals surface area contributed by atoms with Gasteiger partial charge in [0.05, 0.1) is 6.54 Å². The van der Waals surface area contributed by atoms with Crippen LogP contribution in [0.4, 0.5) is 8.78 Å². The third-order valence-corrected chi connectivity index (χ3v) is 2.75. The monoisotopic (exact) mass is 161 g/mol. The molecule has 2 atom stereocenters. The molecule has 0 N–H and O–H groups in total. The smallest absolute Gasteiger partial charge is 0.251 e. The van der Waals surface area contributed by atoms with Gasteiger partial charge in [-0.25, -0.2) is 8.78 Å². The van der Waals surface area contributed by atoms with Gasteiger partial charge in [-0.2, -0.15) is 0 Å². The van der Waals surface area contributed by atoms with Crippen LogP contribution < -0.4 is 0 Å². The molecular formula is C8H13F2N. The number of piperidine rings is 1. The van der Waals surface area contributed by atoms with Crippen molar-refractivity contribution in [1.82, 2.24) is 4.90 Å². The fourth-order valence-corrected chi connectivity index (χ4v) is 2.12. The van der Waals surface area contributed by atoms with Crippen LogP contribution in [0, 0.1) is 5.92 Å². The Balaban J connectivity index is 1.83. The summed E-state index contributed by atoms with van der Waals surface area (Å²) in [5, 5.41) is 0. The van der Waals surface area contributed by atoms with Crippen molar-refractivity contribution in [3.63, 3.8) is 0 Å². The summed E-state index contributed by atoms with van der Waals surface area (Å²) in [6.45, 7) is 0.896. The van der Waals surface area contributed by atoms with Crippen LogP contribution in [0.2, 0.25) is 0 Å². The molecule has 0 spiro atoms. The Labute approximate surface area is 65.4 Å². The van der Waals surface area contributed by atoms with Crippen LogP contribution in [0.1, 0.15) is 19.3 Å². The Bertz CT molecular complexity index is 149. The minimum atomic E-state index is -2.14. The minimum absolute atomic E-state index is 0.00116. The van der Waals surface area contributed by atoms with Crippen molar-refractivity contribution < 1.29 is 8.78 Å². The fraction of sp³-hybridized carbons (Fsp3) is 1.00. The summed E-state index contributed by atoms with van der Waals surface area (Å²) in [5.41, 5.74) is 0. The van der Waals surface area contributed by atoms with Crippen molar-refractivity contribution in [3.8, 4) is 0 Å². The summed E-state index contributed by atoms with van der Waals surface area (Å²) >= 11 is 0. The van der Waals surface area contributed by atoms with Gasteiger partial charge in [-0.15, -0.1) is 0 Å². The van der Waals surface area contributed by atoms with Crippen molar-refractivity contribution in [2.75, 3.05) is 13.1 Å². The molecule has 0 aromatic heterocycles. The van der Waals surface area contributed by atoms with Gasteiger partial charge in [0.15, 0.2) is 0 Å². The lowest BCUT2D eigenvalue weighted by Crippen LogP contribution is -2.35. The Morgan fingerprint density at radius 2 is 2.27 bits per heavy atom. The van der Waals surface area contributed by atoms with E-state index in [4.69, 9.17) is 0 Å². The Morgan fingerprint density at radius 1 is 1.45 bits per heavy atom. The first-order chi connectivity index (χ1) is 5.27. The summed E-state index contributed by atoms with van der Waals surface area (Å²) in [7, 11) is 0. The normalized spacial score (nSPS) is 37.4. The number of hydrogen-bond acceptors (Lipinski definition) is 1. The van der Waals surface area contributed by atoms with E-state index in [2.05, 4.69) is 0 Å². The summed E-state index contributed by atoms with van der Waals surface area (Å²) in [4.78, 5) is 1.96. The maximum Gasteiger partial charge on any atom is 0.251 e. The number of rotatable bonds is 2. The van der Waals surface area contributed by atoms with E-state index in [9.17, 15) is 8.78 Å². The van der Waals surface area contributed by atoms with Crippen LogP contribution >= 0.6 is 0 Å². The Morgan fingerprint density at radius 3 is 3.00 bits per heavy atom. The number of alkyl halides is 2. The maximum atomic E-state index is 12.0. The average Bonchev–Trinajstić information content (AvgIpc) is 2.65. The molecule has 1 aliphatic heterocycles. The van der Waals surface area contributed by atoms with E-state index in [0.29, 0.717) is 6.04 Å². The highest BCUT2D eigenvalue weighted by molar-refractivity contribution is 4.98. The number of likely N-dealkylation sites (tertiary alicyclic amines) is 1. The number of halogens is 2. The molecule has 1 nitrogen and oxygen atoms in total. The van der Waals surface area contributed by atoms with Gasteiger partial charge >= 0.3 is 0 Å². The molecule has 1 heterocycles. The third kappa shape index (κ3) is 1.53. The lowest BCUT2D eigenvalue weighted by atomic mass is 10.1. The Kier molecular flexibility index (Phi) is 1.83. The molecule has 1 aliphatic carbocycles. The molecule has 2 fully saturated rings. The van der Waals surface area contributed by atoms with Crippen LogP contribution in [0.5, 0.6) is 0 Å². The lowest BCUT2D eigenvalue weighted by molar-refractivity contribution is 0.0735. The van der Waals surface area contributed by atoms with E-state index in [1.165, 1.54) is 12.8 Å². The van der Waals surface area contributed by atoms with Gasteiger partial charge in [0.2, 0.25) is 0 Å². The first-order valence-electron chi connectivity index (χ1n) is 4.29. The molecule has 0 radical (unpaired) electrons. The van der Waals surface area contributed by atoms with Crippen molar-refractivity contribution in [1.29, 1.82) is 0 Å². The Hall–Kier alpha value is -0.180. The topological polar surface area (TPSA) is 3.24 Å². The molecule has 2 unspecified atom stereocenters. The predicted molar refractivity (Wildman–Crippen MR) is 38.7 cm³/mol. The summed E-state index contributed by atoms with van der Waals surface area (Å²) in [6.07, 6.45) is 1.42.